The maximum atomic E-state index is 12.8. The van der Waals surface area contributed by atoms with Crippen LogP contribution in [0.25, 0.3) is 10.9 Å². The number of benzene rings is 2. The number of para-hydroxylation sites is 1. The lowest BCUT2D eigenvalue weighted by Crippen LogP contribution is -2.39. The molecule has 164 valence electrons. The molecule has 2 aromatic carbocycles. The lowest BCUT2D eigenvalue weighted by atomic mass is 9.92. The van der Waals surface area contributed by atoms with Gasteiger partial charge in [0.15, 0.2) is 6.29 Å². The third-order valence-electron chi connectivity index (χ3n) is 5.66. The molecular weight excluding hydrogens is 422 g/mol. The van der Waals surface area contributed by atoms with Crippen molar-refractivity contribution in [2.24, 2.45) is 0 Å². The average Bonchev–Trinajstić information content (AvgIpc) is 3.05. The van der Waals surface area contributed by atoms with Gasteiger partial charge in [0.05, 0.1) is 9.82 Å². The molecular formula is C21H23N3O6S. The molecule has 1 aliphatic carbocycles. The normalized spacial score (nSPS) is 16.5. The summed E-state index contributed by atoms with van der Waals surface area (Å²) in [6, 6.07) is 12.3. The summed E-state index contributed by atoms with van der Waals surface area (Å²) in [7, 11) is -3.82. The molecule has 3 aromatic rings. The molecule has 0 radical (unpaired) electrons. The Morgan fingerprint density at radius 2 is 1.87 bits per heavy atom. The minimum Gasteiger partial charge on any atom is -0.368 e. The fourth-order valence-electron chi connectivity index (χ4n) is 4.24. The van der Waals surface area contributed by atoms with Crippen LogP contribution in [-0.2, 0) is 29.4 Å². The van der Waals surface area contributed by atoms with E-state index in [2.05, 4.69) is 9.29 Å². The quantitative estimate of drug-likeness (QED) is 0.290. The fourth-order valence-corrected chi connectivity index (χ4v) is 5.51. The number of aryl methyl sites for hydroxylation is 1. The van der Waals surface area contributed by atoms with Crippen LogP contribution in [0.1, 0.15) is 24.1 Å². The Labute approximate surface area is 179 Å². The fraction of sp³-hybridized carbons (Fsp3) is 0.333. The molecule has 0 saturated heterocycles. The second-order valence-electron chi connectivity index (χ2n) is 7.68. The van der Waals surface area contributed by atoms with Crippen molar-refractivity contribution in [3.63, 3.8) is 0 Å². The van der Waals surface area contributed by atoms with Crippen LogP contribution in [0, 0.1) is 10.1 Å². The van der Waals surface area contributed by atoms with Crippen molar-refractivity contribution in [2.45, 2.75) is 49.5 Å². The molecule has 4 rings (SSSR count). The summed E-state index contributed by atoms with van der Waals surface area (Å²) in [5.74, 6) is 0. The van der Waals surface area contributed by atoms with Crippen LogP contribution in [0.5, 0.6) is 0 Å². The predicted molar refractivity (Wildman–Crippen MR) is 114 cm³/mol. The highest BCUT2D eigenvalue weighted by Gasteiger charge is 2.28. The minimum absolute atomic E-state index is 0.0109. The zero-order valence-electron chi connectivity index (χ0n) is 16.6. The number of nitro benzene ring substituents is 1. The highest BCUT2D eigenvalue weighted by Crippen LogP contribution is 2.33. The Morgan fingerprint density at radius 1 is 1.16 bits per heavy atom. The number of aromatic nitrogens is 1. The third kappa shape index (κ3) is 4.33. The number of rotatable bonds is 7. The van der Waals surface area contributed by atoms with Gasteiger partial charge in [-0.05, 0) is 43.0 Å². The molecule has 0 spiro atoms. The molecule has 10 heteroatoms. The summed E-state index contributed by atoms with van der Waals surface area (Å²) in [5, 5.41) is 30.4. The first-order chi connectivity index (χ1) is 14.8. The standard InChI is InChI=1S/C21H23N3O6S/c25-21(26)11-12-23-19-4-2-1-3-17(19)18-13-14(5-10-20(18)23)22-31(29,30)16-8-6-15(7-9-16)24(27)28/h1-4,6-9,14,21-22,25-26H,5,10-13H2. The maximum Gasteiger partial charge on any atom is 0.269 e. The van der Waals surface area contributed by atoms with Gasteiger partial charge in [-0.1, -0.05) is 18.2 Å². The van der Waals surface area contributed by atoms with E-state index >= 15 is 0 Å². The number of aliphatic hydroxyl groups excluding tert-OH is 1. The molecule has 0 aliphatic heterocycles. The van der Waals surface area contributed by atoms with Crippen molar-refractivity contribution >= 4 is 26.6 Å². The van der Waals surface area contributed by atoms with Crippen LogP contribution >= 0.6 is 0 Å². The van der Waals surface area contributed by atoms with Gasteiger partial charge >= 0.3 is 0 Å². The van der Waals surface area contributed by atoms with E-state index < -0.39 is 21.2 Å². The summed E-state index contributed by atoms with van der Waals surface area (Å²) in [5.41, 5.74) is 2.98. The largest absolute Gasteiger partial charge is 0.368 e. The van der Waals surface area contributed by atoms with E-state index in [1.54, 1.807) is 0 Å². The van der Waals surface area contributed by atoms with Crippen molar-refractivity contribution in [2.75, 3.05) is 0 Å². The van der Waals surface area contributed by atoms with Crippen molar-refractivity contribution < 1.29 is 23.6 Å². The van der Waals surface area contributed by atoms with Gasteiger partial charge < -0.3 is 14.8 Å². The van der Waals surface area contributed by atoms with Gasteiger partial charge in [-0.2, -0.15) is 0 Å². The monoisotopic (exact) mass is 445 g/mol. The molecule has 0 bridgehead atoms. The molecule has 9 nitrogen and oxygen atoms in total. The van der Waals surface area contributed by atoms with E-state index in [1.807, 2.05) is 24.3 Å². The van der Waals surface area contributed by atoms with Gasteiger partial charge in [0, 0.05) is 47.7 Å². The Balaban J connectivity index is 1.59. The molecule has 0 amide bonds. The summed E-state index contributed by atoms with van der Waals surface area (Å²) >= 11 is 0. The van der Waals surface area contributed by atoms with Crippen LogP contribution in [0.2, 0.25) is 0 Å². The predicted octanol–water partition coefficient (Wildman–Crippen LogP) is 2.09. The molecule has 1 atom stereocenters. The molecule has 31 heavy (non-hydrogen) atoms. The summed E-state index contributed by atoms with van der Waals surface area (Å²) in [6.45, 7) is 0.465. The van der Waals surface area contributed by atoms with Crippen LogP contribution in [0.15, 0.2) is 53.4 Å². The molecule has 1 unspecified atom stereocenters. The number of nitro groups is 1. The highest BCUT2D eigenvalue weighted by molar-refractivity contribution is 7.89. The number of hydrogen-bond acceptors (Lipinski definition) is 6. The summed E-state index contributed by atoms with van der Waals surface area (Å²) in [4.78, 5) is 10.2. The van der Waals surface area contributed by atoms with Gasteiger partial charge in [-0.15, -0.1) is 0 Å². The van der Waals surface area contributed by atoms with E-state index in [1.165, 1.54) is 24.3 Å². The topological polar surface area (TPSA) is 135 Å². The Bertz CT molecular complexity index is 1220. The van der Waals surface area contributed by atoms with E-state index in [-0.39, 0.29) is 23.0 Å². The zero-order chi connectivity index (χ0) is 22.2. The Hall–Kier alpha value is -2.79. The van der Waals surface area contributed by atoms with E-state index in [0.717, 1.165) is 22.2 Å². The van der Waals surface area contributed by atoms with E-state index in [9.17, 15) is 28.7 Å². The smallest absolute Gasteiger partial charge is 0.269 e. The first-order valence-corrected chi connectivity index (χ1v) is 11.5. The first-order valence-electron chi connectivity index (χ1n) is 9.98. The number of sulfonamides is 1. The zero-order valence-corrected chi connectivity index (χ0v) is 17.5. The third-order valence-corrected chi connectivity index (χ3v) is 7.20. The molecule has 3 N–H and O–H groups in total. The SMILES string of the molecule is O=[N+]([O-])c1ccc(S(=O)(=O)NC2CCc3c(c4ccccc4n3CCC(O)O)C2)cc1. The Kier molecular flexibility index (Phi) is 5.80. The number of nitrogens with zero attached hydrogens (tertiary/aromatic N) is 2. The summed E-state index contributed by atoms with van der Waals surface area (Å²) < 4.78 is 30.4. The molecule has 1 aromatic heterocycles. The molecule has 0 fully saturated rings. The van der Waals surface area contributed by atoms with Gasteiger partial charge in [0.25, 0.3) is 5.69 Å². The number of fused-ring (bicyclic) bond motifs is 3. The van der Waals surface area contributed by atoms with Crippen LogP contribution in [0.3, 0.4) is 0 Å². The van der Waals surface area contributed by atoms with Gasteiger partial charge in [0.2, 0.25) is 10.0 Å². The van der Waals surface area contributed by atoms with Crippen molar-refractivity contribution in [3.05, 3.63) is 69.9 Å². The van der Waals surface area contributed by atoms with Crippen LogP contribution in [0.4, 0.5) is 5.69 Å². The number of aliphatic hydroxyl groups is 2. The van der Waals surface area contributed by atoms with Gasteiger partial charge in [-0.25, -0.2) is 13.1 Å². The van der Waals surface area contributed by atoms with Gasteiger partial charge in [-0.3, -0.25) is 10.1 Å². The maximum absolute atomic E-state index is 12.8. The van der Waals surface area contributed by atoms with Crippen LogP contribution < -0.4 is 4.72 Å². The first kappa shape index (κ1) is 21.4. The summed E-state index contributed by atoms with van der Waals surface area (Å²) in [6.07, 6.45) is 0.579. The molecule has 1 heterocycles. The number of hydrogen-bond donors (Lipinski definition) is 3. The van der Waals surface area contributed by atoms with E-state index in [0.29, 0.717) is 25.8 Å². The second-order valence-corrected chi connectivity index (χ2v) is 9.39. The van der Waals surface area contributed by atoms with Crippen molar-refractivity contribution in [1.29, 1.82) is 0 Å². The second kappa shape index (κ2) is 8.39. The lowest BCUT2D eigenvalue weighted by molar-refractivity contribution is -0.384. The lowest BCUT2D eigenvalue weighted by Gasteiger charge is -2.25. The molecule has 1 aliphatic rings. The van der Waals surface area contributed by atoms with Crippen molar-refractivity contribution in [3.8, 4) is 0 Å². The minimum atomic E-state index is -3.82. The molecule has 0 saturated carbocycles. The van der Waals surface area contributed by atoms with Crippen LogP contribution in [-0.4, -0.2) is 40.5 Å². The number of non-ortho nitro benzene ring substituents is 1. The number of nitrogens with one attached hydrogen (secondary N) is 1. The van der Waals surface area contributed by atoms with E-state index in [4.69, 9.17) is 0 Å². The average molecular weight is 445 g/mol. The van der Waals surface area contributed by atoms with Crippen molar-refractivity contribution in [1.82, 2.24) is 9.29 Å². The highest BCUT2D eigenvalue weighted by atomic mass is 32.2. The Morgan fingerprint density at radius 3 is 2.55 bits per heavy atom. The van der Waals surface area contributed by atoms with Gasteiger partial charge in [0.1, 0.15) is 0 Å².